The fraction of sp³-hybridized carbons (Fsp3) is 0.476. The third-order valence-corrected chi connectivity index (χ3v) is 6.33. The Hall–Kier alpha value is -3.41. The van der Waals surface area contributed by atoms with E-state index in [9.17, 15) is 4.79 Å². The molecule has 12 heteroatoms. The van der Waals surface area contributed by atoms with Crippen LogP contribution in [0.2, 0.25) is 0 Å². The number of halogens is 2. The number of alkyl halides is 2. The summed E-state index contributed by atoms with van der Waals surface area (Å²) in [6.45, 7) is 5.77. The summed E-state index contributed by atoms with van der Waals surface area (Å²) in [5, 5.41) is 7.24. The number of nitrogens with zero attached hydrogens (tertiary/aromatic N) is 8. The lowest BCUT2D eigenvalue weighted by molar-refractivity contribution is -0.110. The van der Waals surface area contributed by atoms with Crippen LogP contribution < -0.4 is 11.0 Å². The van der Waals surface area contributed by atoms with Crippen LogP contribution in [0, 0.1) is 6.92 Å². The second-order valence-electron chi connectivity index (χ2n) is 8.80. The number of anilines is 2. The second-order valence-corrected chi connectivity index (χ2v) is 8.80. The predicted molar refractivity (Wildman–Crippen MR) is 119 cm³/mol. The van der Waals surface area contributed by atoms with Crippen LogP contribution in [-0.4, -0.2) is 63.7 Å². The molecule has 0 radical (unpaired) electrons. The number of nitrogens with one attached hydrogen (secondary N) is 1. The predicted octanol–water partition coefficient (Wildman–Crippen LogP) is 2.52. The lowest BCUT2D eigenvalue weighted by Gasteiger charge is -2.40. The van der Waals surface area contributed by atoms with E-state index in [0.717, 1.165) is 10.1 Å². The van der Waals surface area contributed by atoms with Crippen molar-refractivity contribution >= 4 is 28.4 Å². The van der Waals surface area contributed by atoms with Gasteiger partial charge in [0.1, 0.15) is 17.9 Å². The van der Waals surface area contributed by atoms with Crippen LogP contribution in [0.15, 0.2) is 29.6 Å². The first kappa shape index (κ1) is 21.4. The molecule has 0 aliphatic carbocycles. The molecule has 33 heavy (non-hydrogen) atoms. The van der Waals surface area contributed by atoms with Crippen molar-refractivity contribution in [3.63, 3.8) is 0 Å². The Morgan fingerprint density at radius 3 is 2.79 bits per heavy atom. The first-order valence-corrected chi connectivity index (χ1v) is 10.8. The van der Waals surface area contributed by atoms with Gasteiger partial charge in [-0.15, -0.1) is 0 Å². The minimum atomic E-state index is -3.08. The average molecular weight is 457 g/mol. The van der Waals surface area contributed by atoms with Crippen LogP contribution in [0.5, 0.6) is 0 Å². The normalized spacial score (nSPS) is 19.1. The zero-order chi connectivity index (χ0) is 23.5. The standard InChI is InChI=1S/C21H25F2N9O/c1-12(2)30-6-5-16(21(22,23)10-30)32-18-15(29(4)20(32)33)8-24-19(28-18)27-14-9-31-17(7-13(14)3)25-11-26-31/h7-9,11-12,16H,5-6,10H2,1-4H3,(H,24,27,28)/t16-/m1/s1. The summed E-state index contributed by atoms with van der Waals surface area (Å²) in [5.74, 6) is -2.87. The van der Waals surface area contributed by atoms with E-state index in [-0.39, 0.29) is 24.1 Å². The highest BCUT2D eigenvalue weighted by molar-refractivity contribution is 5.73. The fourth-order valence-corrected chi connectivity index (χ4v) is 4.40. The Kier molecular flexibility index (Phi) is 4.92. The Morgan fingerprint density at radius 2 is 2.06 bits per heavy atom. The Morgan fingerprint density at radius 1 is 1.27 bits per heavy atom. The lowest BCUT2D eigenvalue weighted by atomic mass is 9.99. The van der Waals surface area contributed by atoms with E-state index in [1.165, 1.54) is 17.1 Å². The molecular formula is C21H25F2N9O. The maximum absolute atomic E-state index is 15.2. The van der Waals surface area contributed by atoms with Crippen molar-refractivity contribution in [1.29, 1.82) is 0 Å². The van der Waals surface area contributed by atoms with Gasteiger partial charge in [-0.1, -0.05) is 0 Å². The van der Waals surface area contributed by atoms with E-state index < -0.39 is 24.2 Å². The molecule has 1 aliphatic heterocycles. The number of piperidine rings is 1. The lowest BCUT2D eigenvalue weighted by Crippen LogP contribution is -2.52. The van der Waals surface area contributed by atoms with Crippen molar-refractivity contribution in [3.8, 4) is 0 Å². The number of rotatable bonds is 4. The largest absolute Gasteiger partial charge is 0.330 e. The summed E-state index contributed by atoms with van der Waals surface area (Å²) in [7, 11) is 1.54. The number of pyridine rings is 1. The molecule has 0 amide bonds. The van der Waals surface area contributed by atoms with Crippen LogP contribution in [0.1, 0.15) is 31.9 Å². The zero-order valence-corrected chi connectivity index (χ0v) is 18.8. The minimum Gasteiger partial charge on any atom is -0.323 e. The SMILES string of the molecule is Cc1cc2ncnn2cc1Nc1ncc2c(n1)n([C@@H]1CCN(C(C)C)CC1(F)F)c(=O)n2C. The third-order valence-electron chi connectivity index (χ3n) is 6.33. The average Bonchev–Trinajstić information content (AvgIpc) is 3.30. The smallest absolute Gasteiger partial charge is 0.323 e. The Labute approximate surface area is 187 Å². The molecule has 1 saturated heterocycles. The molecule has 4 aromatic rings. The van der Waals surface area contributed by atoms with Crippen LogP contribution in [0.25, 0.3) is 16.8 Å². The molecule has 10 nitrogen and oxygen atoms in total. The highest BCUT2D eigenvalue weighted by Crippen LogP contribution is 2.38. The Bertz CT molecular complexity index is 1400. The number of aromatic nitrogens is 7. The monoisotopic (exact) mass is 457 g/mol. The highest BCUT2D eigenvalue weighted by atomic mass is 19.3. The van der Waals surface area contributed by atoms with Crippen molar-refractivity contribution in [2.75, 3.05) is 18.4 Å². The summed E-state index contributed by atoms with van der Waals surface area (Å²) in [6.07, 6.45) is 4.83. The number of imidazole rings is 1. The van der Waals surface area contributed by atoms with Gasteiger partial charge in [0.25, 0.3) is 5.92 Å². The molecule has 5 heterocycles. The maximum atomic E-state index is 15.2. The van der Waals surface area contributed by atoms with Crippen LogP contribution in [0.4, 0.5) is 20.4 Å². The van der Waals surface area contributed by atoms with Crippen molar-refractivity contribution in [2.45, 2.75) is 45.2 Å². The van der Waals surface area contributed by atoms with Crippen LogP contribution in [0.3, 0.4) is 0 Å². The molecule has 1 N–H and O–H groups in total. The van der Waals surface area contributed by atoms with E-state index in [2.05, 4.69) is 25.4 Å². The van der Waals surface area contributed by atoms with Gasteiger partial charge in [-0.25, -0.2) is 28.1 Å². The first-order chi connectivity index (χ1) is 15.7. The molecular weight excluding hydrogens is 432 g/mol. The van der Waals surface area contributed by atoms with E-state index in [0.29, 0.717) is 23.4 Å². The van der Waals surface area contributed by atoms with Gasteiger partial charge in [-0.2, -0.15) is 10.1 Å². The number of hydrogen-bond donors (Lipinski definition) is 1. The van der Waals surface area contributed by atoms with Crippen LogP contribution in [-0.2, 0) is 7.05 Å². The van der Waals surface area contributed by atoms with E-state index >= 15 is 8.78 Å². The molecule has 0 unspecified atom stereocenters. The highest BCUT2D eigenvalue weighted by Gasteiger charge is 2.47. The Balaban J connectivity index is 1.56. The second kappa shape index (κ2) is 7.58. The zero-order valence-electron chi connectivity index (χ0n) is 18.8. The summed E-state index contributed by atoms with van der Waals surface area (Å²) in [5.41, 5.74) is 2.32. The van der Waals surface area contributed by atoms with Gasteiger partial charge in [0.2, 0.25) is 5.95 Å². The van der Waals surface area contributed by atoms with Gasteiger partial charge in [0.15, 0.2) is 11.3 Å². The molecule has 0 aromatic carbocycles. The van der Waals surface area contributed by atoms with Gasteiger partial charge < -0.3 is 5.32 Å². The van der Waals surface area contributed by atoms with Gasteiger partial charge in [0, 0.05) is 19.6 Å². The van der Waals surface area contributed by atoms with Gasteiger partial charge >= 0.3 is 5.69 Å². The van der Waals surface area contributed by atoms with Crippen molar-refractivity contribution in [1.82, 2.24) is 38.6 Å². The summed E-state index contributed by atoms with van der Waals surface area (Å²) < 4.78 is 34.5. The van der Waals surface area contributed by atoms with Gasteiger partial charge in [-0.05, 0) is 38.8 Å². The fourth-order valence-electron chi connectivity index (χ4n) is 4.40. The van der Waals surface area contributed by atoms with E-state index in [1.807, 2.05) is 26.8 Å². The molecule has 174 valence electrons. The summed E-state index contributed by atoms with van der Waals surface area (Å²) in [6, 6.07) is 0.583. The summed E-state index contributed by atoms with van der Waals surface area (Å²) >= 11 is 0. The molecule has 0 spiro atoms. The van der Waals surface area contributed by atoms with Crippen molar-refractivity contribution < 1.29 is 8.78 Å². The molecule has 0 saturated carbocycles. The molecule has 1 fully saturated rings. The molecule has 0 bridgehead atoms. The van der Waals surface area contributed by atoms with Crippen LogP contribution >= 0.6 is 0 Å². The maximum Gasteiger partial charge on any atom is 0.330 e. The first-order valence-electron chi connectivity index (χ1n) is 10.8. The number of likely N-dealkylation sites (tertiary alicyclic amines) is 1. The minimum absolute atomic E-state index is 0.00440. The number of hydrogen-bond acceptors (Lipinski definition) is 7. The number of aryl methyl sites for hydroxylation is 2. The van der Waals surface area contributed by atoms with Crippen molar-refractivity contribution in [3.05, 3.63) is 40.8 Å². The topological polar surface area (TPSA) is 98.2 Å². The molecule has 5 rings (SSSR count). The molecule has 1 aliphatic rings. The third kappa shape index (κ3) is 3.54. The van der Waals surface area contributed by atoms with E-state index in [1.54, 1.807) is 22.7 Å². The molecule has 4 aromatic heterocycles. The quantitative estimate of drug-likeness (QED) is 0.503. The number of fused-ring (bicyclic) bond motifs is 2. The van der Waals surface area contributed by atoms with E-state index in [4.69, 9.17) is 0 Å². The van der Waals surface area contributed by atoms with Gasteiger partial charge in [-0.3, -0.25) is 14.0 Å². The van der Waals surface area contributed by atoms with Crippen molar-refractivity contribution in [2.24, 2.45) is 7.05 Å². The van der Waals surface area contributed by atoms with Gasteiger partial charge in [0.05, 0.1) is 24.6 Å². The summed E-state index contributed by atoms with van der Waals surface area (Å²) in [4.78, 5) is 27.7. The molecule has 1 atom stereocenters.